The number of benzene rings is 2. The van der Waals surface area contributed by atoms with Gasteiger partial charge in [-0.3, -0.25) is 0 Å². The van der Waals surface area contributed by atoms with Crippen LogP contribution in [0.15, 0.2) is 48.7 Å². The first-order chi connectivity index (χ1) is 10.2. The van der Waals surface area contributed by atoms with Gasteiger partial charge in [-0.05, 0) is 36.1 Å². The molecule has 3 nitrogen and oxygen atoms in total. The number of nitrogens with zero attached hydrogens (tertiary/aromatic N) is 1. The lowest BCUT2D eigenvalue weighted by molar-refractivity contribution is 0.282. The van der Waals surface area contributed by atoms with Gasteiger partial charge in [0.1, 0.15) is 5.75 Å². The van der Waals surface area contributed by atoms with Gasteiger partial charge in [-0.1, -0.05) is 29.8 Å². The van der Waals surface area contributed by atoms with Crippen molar-refractivity contribution in [2.45, 2.75) is 20.1 Å². The van der Waals surface area contributed by atoms with Crippen molar-refractivity contribution in [3.63, 3.8) is 0 Å². The third-order valence-electron chi connectivity index (χ3n) is 3.80. The highest BCUT2D eigenvalue weighted by molar-refractivity contribution is 5.81. The highest BCUT2D eigenvalue weighted by atomic mass is 16.5. The van der Waals surface area contributed by atoms with Crippen molar-refractivity contribution in [1.29, 1.82) is 0 Å². The SMILES string of the molecule is COc1ccc(C)cc1Cn1ccc2ccc(CO)cc21. The van der Waals surface area contributed by atoms with E-state index in [1.165, 1.54) is 10.9 Å². The van der Waals surface area contributed by atoms with Crippen molar-refractivity contribution in [3.05, 3.63) is 65.4 Å². The molecule has 1 N–H and O–H groups in total. The van der Waals surface area contributed by atoms with Crippen LogP contribution in [0.3, 0.4) is 0 Å². The Morgan fingerprint density at radius 3 is 2.71 bits per heavy atom. The molecule has 3 heteroatoms. The van der Waals surface area contributed by atoms with Crippen LogP contribution in [0, 0.1) is 6.92 Å². The number of fused-ring (bicyclic) bond motifs is 1. The Kier molecular flexibility index (Phi) is 3.67. The maximum Gasteiger partial charge on any atom is 0.123 e. The first-order valence-electron chi connectivity index (χ1n) is 7.03. The number of hydrogen-bond donors (Lipinski definition) is 1. The summed E-state index contributed by atoms with van der Waals surface area (Å²) < 4.78 is 7.64. The van der Waals surface area contributed by atoms with Crippen LogP contribution in [0.1, 0.15) is 16.7 Å². The van der Waals surface area contributed by atoms with Gasteiger partial charge < -0.3 is 14.4 Å². The second-order valence-corrected chi connectivity index (χ2v) is 5.31. The van der Waals surface area contributed by atoms with Gasteiger partial charge in [0.25, 0.3) is 0 Å². The van der Waals surface area contributed by atoms with Gasteiger partial charge in [0.15, 0.2) is 0 Å². The molecular weight excluding hydrogens is 262 g/mol. The van der Waals surface area contributed by atoms with Gasteiger partial charge >= 0.3 is 0 Å². The van der Waals surface area contributed by atoms with E-state index in [1.54, 1.807) is 7.11 Å². The molecular formula is C18H19NO2. The molecule has 0 saturated heterocycles. The summed E-state index contributed by atoms with van der Waals surface area (Å²) in [5, 5.41) is 10.5. The fourth-order valence-electron chi connectivity index (χ4n) is 2.68. The molecule has 0 fully saturated rings. The number of rotatable bonds is 4. The summed E-state index contributed by atoms with van der Waals surface area (Å²) >= 11 is 0. The molecule has 1 aromatic heterocycles. The van der Waals surface area contributed by atoms with Crippen LogP contribution < -0.4 is 4.74 Å². The lowest BCUT2D eigenvalue weighted by atomic mass is 10.1. The Labute approximate surface area is 124 Å². The van der Waals surface area contributed by atoms with E-state index in [4.69, 9.17) is 4.74 Å². The van der Waals surface area contributed by atoms with Crippen molar-refractivity contribution in [2.75, 3.05) is 7.11 Å². The second kappa shape index (κ2) is 5.62. The summed E-state index contributed by atoms with van der Waals surface area (Å²) in [6, 6.07) is 14.4. The highest BCUT2D eigenvalue weighted by Gasteiger charge is 2.07. The zero-order chi connectivity index (χ0) is 14.8. The molecule has 0 aliphatic carbocycles. The zero-order valence-corrected chi connectivity index (χ0v) is 12.3. The monoisotopic (exact) mass is 281 g/mol. The molecule has 2 aromatic carbocycles. The number of aryl methyl sites for hydroxylation is 1. The van der Waals surface area contributed by atoms with Crippen LogP contribution >= 0.6 is 0 Å². The van der Waals surface area contributed by atoms with E-state index in [-0.39, 0.29) is 6.61 Å². The Morgan fingerprint density at radius 2 is 1.95 bits per heavy atom. The Hall–Kier alpha value is -2.26. The van der Waals surface area contributed by atoms with E-state index < -0.39 is 0 Å². The van der Waals surface area contributed by atoms with Gasteiger partial charge in [-0.15, -0.1) is 0 Å². The predicted octanol–water partition coefficient (Wildman–Crippen LogP) is 3.50. The van der Waals surface area contributed by atoms with Crippen molar-refractivity contribution in [1.82, 2.24) is 4.57 Å². The van der Waals surface area contributed by atoms with Gasteiger partial charge in [0, 0.05) is 17.3 Å². The standard InChI is InChI=1S/C18H19NO2/c1-13-3-6-18(21-2)16(9-13)11-19-8-7-15-5-4-14(12-20)10-17(15)19/h3-10,20H,11-12H2,1-2H3. The molecule has 0 unspecified atom stereocenters. The maximum absolute atomic E-state index is 9.30. The summed E-state index contributed by atoms with van der Waals surface area (Å²) in [7, 11) is 1.70. The van der Waals surface area contributed by atoms with Crippen molar-refractivity contribution < 1.29 is 9.84 Å². The first kappa shape index (κ1) is 13.7. The maximum atomic E-state index is 9.30. The highest BCUT2D eigenvalue weighted by Crippen LogP contribution is 2.24. The van der Waals surface area contributed by atoms with Crippen LogP contribution in [0.2, 0.25) is 0 Å². The minimum atomic E-state index is 0.0644. The minimum absolute atomic E-state index is 0.0644. The van der Waals surface area contributed by atoms with E-state index in [9.17, 15) is 5.11 Å². The number of aliphatic hydroxyl groups excluding tert-OH is 1. The Balaban J connectivity index is 2.03. The molecule has 0 saturated carbocycles. The number of aliphatic hydroxyl groups is 1. The summed E-state index contributed by atoms with van der Waals surface area (Å²) in [6.07, 6.45) is 2.08. The van der Waals surface area contributed by atoms with Crippen molar-refractivity contribution in [3.8, 4) is 5.75 Å². The summed E-state index contributed by atoms with van der Waals surface area (Å²) in [5.41, 5.74) is 4.44. The zero-order valence-electron chi connectivity index (χ0n) is 12.3. The third-order valence-corrected chi connectivity index (χ3v) is 3.80. The first-order valence-corrected chi connectivity index (χ1v) is 7.03. The molecule has 0 radical (unpaired) electrons. The van der Waals surface area contributed by atoms with Crippen LogP contribution in [0.25, 0.3) is 10.9 Å². The average Bonchev–Trinajstić information content (AvgIpc) is 2.90. The minimum Gasteiger partial charge on any atom is -0.496 e. The van der Waals surface area contributed by atoms with E-state index in [0.717, 1.165) is 28.9 Å². The molecule has 0 spiro atoms. The molecule has 3 rings (SSSR count). The molecule has 0 aliphatic heterocycles. The average molecular weight is 281 g/mol. The molecule has 0 amide bonds. The number of hydrogen-bond acceptors (Lipinski definition) is 2. The van der Waals surface area contributed by atoms with E-state index in [2.05, 4.69) is 35.9 Å². The van der Waals surface area contributed by atoms with Crippen LogP contribution in [-0.2, 0) is 13.2 Å². The topological polar surface area (TPSA) is 34.4 Å². The molecule has 3 aromatic rings. The van der Waals surface area contributed by atoms with E-state index in [0.29, 0.717) is 0 Å². The molecule has 0 atom stereocenters. The lowest BCUT2D eigenvalue weighted by Crippen LogP contribution is -2.01. The molecule has 0 bridgehead atoms. The fourth-order valence-corrected chi connectivity index (χ4v) is 2.68. The molecule has 1 heterocycles. The normalized spacial score (nSPS) is 11.0. The second-order valence-electron chi connectivity index (χ2n) is 5.31. The third kappa shape index (κ3) is 2.65. The van der Waals surface area contributed by atoms with E-state index in [1.807, 2.05) is 24.3 Å². The Morgan fingerprint density at radius 1 is 1.10 bits per heavy atom. The van der Waals surface area contributed by atoms with Crippen molar-refractivity contribution in [2.24, 2.45) is 0 Å². The van der Waals surface area contributed by atoms with Crippen molar-refractivity contribution >= 4 is 10.9 Å². The number of methoxy groups -OCH3 is 1. The summed E-state index contributed by atoms with van der Waals surface area (Å²) in [5.74, 6) is 0.903. The van der Waals surface area contributed by atoms with Gasteiger partial charge in [-0.2, -0.15) is 0 Å². The van der Waals surface area contributed by atoms with Gasteiger partial charge in [-0.25, -0.2) is 0 Å². The number of aromatic nitrogens is 1. The summed E-state index contributed by atoms with van der Waals surface area (Å²) in [6.45, 7) is 2.90. The van der Waals surface area contributed by atoms with Crippen LogP contribution in [0.4, 0.5) is 0 Å². The van der Waals surface area contributed by atoms with Gasteiger partial charge in [0.2, 0.25) is 0 Å². The molecule has 0 aliphatic rings. The van der Waals surface area contributed by atoms with Crippen LogP contribution in [0.5, 0.6) is 5.75 Å². The smallest absolute Gasteiger partial charge is 0.123 e. The quantitative estimate of drug-likeness (QED) is 0.794. The number of ether oxygens (including phenoxy) is 1. The van der Waals surface area contributed by atoms with Gasteiger partial charge in [0.05, 0.1) is 20.3 Å². The molecule has 21 heavy (non-hydrogen) atoms. The predicted molar refractivity (Wildman–Crippen MR) is 84.7 cm³/mol. The fraction of sp³-hybridized carbons (Fsp3) is 0.222. The molecule has 108 valence electrons. The summed E-state index contributed by atoms with van der Waals surface area (Å²) in [4.78, 5) is 0. The largest absolute Gasteiger partial charge is 0.496 e. The Bertz CT molecular complexity index is 774. The lowest BCUT2D eigenvalue weighted by Gasteiger charge is -2.12. The van der Waals surface area contributed by atoms with E-state index >= 15 is 0 Å². The van der Waals surface area contributed by atoms with Crippen LogP contribution in [-0.4, -0.2) is 16.8 Å².